The summed E-state index contributed by atoms with van der Waals surface area (Å²) in [4.78, 5) is 38.7. The molecule has 35 heavy (non-hydrogen) atoms. The molecule has 1 atom stereocenters. The fraction of sp³-hybridized carbons (Fsp3) is 0.308. The van der Waals surface area contributed by atoms with E-state index in [2.05, 4.69) is 0 Å². The highest BCUT2D eigenvalue weighted by molar-refractivity contribution is 5.99. The van der Waals surface area contributed by atoms with Gasteiger partial charge >= 0.3 is 11.9 Å². The first-order valence-electron chi connectivity index (χ1n) is 11.0. The number of benzene rings is 2. The van der Waals surface area contributed by atoms with Crippen LogP contribution in [0, 0.1) is 10.1 Å². The summed E-state index contributed by atoms with van der Waals surface area (Å²) in [5, 5.41) is 11.4. The lowest BCUT2D eigenvalue weighted by Crippen LogP contribution is -2.29. The summed E-state index contributed by atoms with van der Waals surface area (Å²) in [5.74, 6) is -1.79. The van der Waals surface area contributed by atoms with Crippen LogP contribution in [0.3, 0.4) is 0 Å². The second-order valence-corrected chi connectivity index (χ2v) is 8.18. The number of rotatable bonds is 9. The Hall–Kier alpha value is -3.98. The van der Waals surface area contributed by atoms with Crippen LogP contribution in [0.15, 0.2) is 77.3 Å². The molecule has 2 aromatic rings. The van der Waals surface area contributed by atoms with Gasteiger partial charge in [0, 0.05) is 25.2 Å². The van der Waals surface area contributed by atoms with E-state index in [0.29, 0.717) is 18.7 Å². The van der Waals surface area contributed by atoms with Crippen molar-refractivity contribution < 1.29 is 28.7 Å². The molecule has 2 aromatic carbocycles. The number of hydrogen-bond acceptors (Lipinski definition) is 8. The molecule has 1 aliphatic rings. The molecule has 0 saturated carbocycles. The molecular formula is C26H28N2O7. The second-order valence-electron chi connectivity index (χ2n) is 8.18. The molecule has 3 rings (SSSR count). The fourth-order valence-electron chi connectivity index (χ4n) is 4.02. The summed E-state index contributed by atoms with van der Waals surface area (Å²) >= 11 is 0. The van der Waals surface area contributed by atoms with Crippen molar-refractivity contribution in [3.63, 3.8) is 0 Å². The Labute approximate surface area is 203 Å². The first-order chi connectivity index (χ1) is 16.7. The van der Waals surface area contributed by atoms with Crippen molar-refractivity contribution in [1.29, 1.82) is 0 Å². The topological polar surface area (TPSA) is 108 Å². The quantitative estimate of drug-likeness (QED) is 0.300. The summed E-state index contributed by atoms with van der Waals surface area (Å²) in [7, 11) is 3.14. The predicted octanol–water partition coefficient (Wildman–Crippen LogP) is 4.10. The van der Waals surface area contributed by atoms with Gasteiger partial charge in [-0.2, -0.15) is 0 Å². The minimum Gasteiger partial charge on any atom is -0.466 e. The SMILES string of the molecule is COC(=O)C1=C(C)OC(C)=C(C(=O)OCCN(C)Cc2ccccc2)C1c1cccc([N+](=O)[O-])c1. The van der Waals surface area contributed by atoms with Crippen molar-refractivity contribution in [1.82, 2.24) is 4.90 Å². The molecule has 1 heterocycles. The highest BCUT2D eigenvalue weighted by Gasteiger charge is 2.39. The molecule has 0 fully saturated rings. The monoisotopic (exact) mass is 480 g/mol. The third-order valence-electron chi connectivity index (χ3n) is 5.68. The van der Waals surface area contributed by atoms with Crippen molar-refractivity contribution in [3.05, 3.63) is 98.5 Å². The summed E-state index contributed by atoms with van der Waals surface area (Å²) in [6, 6.07) is 15.7. The van der Waals surface area contributed by atoms with E-state index in [-0.39, 0.29) is 35.0 Å². The molecule has 1 unspecified atom stereocenters. The van der Waals surface area contributed by atoms with Crippen LogP contribution in [-0.2, 0) is 30.3 Å². The third kappa shape index (κ3) is 6.13. The molecule has 0 radical (unpaired) electrons. The van der Waals surface area contributed by atoms with Crippen LogP contribution in [0.5, 0.6) is 0 Å². The van der Waals surface area contributed by atoms with Gasteiger partial charge in [-0.25, -0.2) is 9.59 Å². The first kappa shape index (κ1) is 25.6. The van der Waals surface area contributed by atoms with E-state index in [9.17, 15) is 19.7 Å². The molecule has 9 nitrogen and oxygen atoms in total. The number of carbonyl (C=O) groups excluding carboxylic acids is 2. The van der Waals surface area contributed by atoms with Crippen LogP contribution < -0.4 is 0 Å². The predicted molar refractivity (Wildman–Crippen MR) is 128 cm³/mol. The van der Waals surface area contributed by atoms with Gasteiger partial charge in [-0.1, -0.05) is 42.5 Å². The van der Waals surface area contributed by atoms with Crippen molar-refractivity contribution in [3.8, 4) is 0 Å². The number of esters is 2. The van der Waals surface area contributed by atoms with E-state index in [0.717, 1.165) is 5.56 Å². The maximum atomic E-state index is 13.2. The number of methoxy groups -OCH3 is 1. The van der Waals surface area contributed by atoms with Gasteiger partial charge in [0.05, 0.1) is 29.1 Å². The number of hydrogen-bond donors (Lipinski definition) is 0. The number of likely N-dealkylation sites (N-methyl/N-ethyl adjacent to an activating group) is 1. The molecule has 184 valence electrons. The number of non-ortho nitro benzene ring substituents is 1. The maximum Gasteiger partial charge on any atom is 0.338 e. The van der Waals surface area contributed by atoms with Gasteiger partial charge in [-0.05, 0) is 32.0 Å². The zero-order valence-corrected chi connectivity index (χ0v) is 20.1. The van der Waals surface area contributed by atoms with E-state index in [1.807, 2.05) is 42.3 Å². The molecule has 1 aliphatic heterocycles. The Kier molecular flexibility index (Phi) is 8.38. The zero-order valence-electron chi connectivity index (χ0n) is 20.1. The molecule has 0 saturated heterocycles. The Balaban J connectivity index is 1.84. The standard InChI is InChI=1S/C26H28N2O7/c1-17-22(25(29)33-4)24(20-11-8-12-21(15-20)28(31)32)23(18(2)35-17)26(30)34-14-13-27(3)16-19-9-6-5-7-10-19/h5-12,15,24H,13-14,16H2,1-4H3. The highest BCUT2D eigenvalue weighted by atomic mass is 16.6. The molecule has 0 N–H and O–H groups in total. The summed E-state index contributed by atoms with van der Waals surface area (Å²) in [6.45, 7) is 4.46. The van der Waals surface area contributed by atoms with Crippen molar-refractivity contribution in [2.75, 3.05) is 27.3 Å². The van der Waals surface area contributed by atoms with Crippen LogP contribution >= 0.6 is 0 Å². The number of nitrogens with zero attached hydrogens (tertiary/aromatic N) is 2. The fourth-order valence-corrected chi connectivity index (χ4v) is 4.02. The number of nitro groups is 1. The van der Waals surface area contributed by atoms with Gasteiger partial charge in [0.15, 0.2) is 0 Å². The number of ether oxygens (including phenoxy) is 3. The number of carbonyl (C=O) groups is 2. The van der Waals surface area contributed by atoms with Gasteiger partial charge in [0.1, 0.15) is 18.1 Å². The normalized spacial score (nSPS) is 15.6. The van der Waals surface area contributed by atoms with Crippen molar-refractivity contribution in [2.45, 2.75) is 26.3 Å². The van der Waals surface area contributed by atoms with E-state index in [4.69, 9.17) is 14.2 Å². The molecule has 0 aromatic heterocycles. The first-order valence-corrected chi connectivity index (χ1v) is 11.0. The maximum absolute atomic E-state index is 13.2. The molecule has 0 bridgehead atoms. The molecule has 0 aliphatic carbocycles. The zero-order chi connectivity index (χ0) is 25.5. The van der Waals surface area contributed by atoms with E-state index < -0.39 is 22.8 Å². The average Bonchev–Trinajstić information content (AvgIpc) is 2.83. The largest absolute Gasteiger partial charge is 0.466 e. The Morgan fingerprint density at radius 2 is 1.69 bits per heavy atom. The summed E-state index contributed by atoms with van der Waals surface area (Å²) in [5.41, 5.74) is 1.54. The molecule has 0 spiro atoms. The number of allylic oxidation sites excluding steroid dienone is 2. The second kappa shape index (κ2) is 11.4. The van der Waals surface area contributed by atoms with Crippen LogP contribution in [0.4, 0.5) is 5.69 Å². The van der Waals surface area contributed by atoms with Gasteiger partial charge in [0.25, 0.3) is 5.69 Å². The summed E-state index contributed by atoms with van der Waals surface area (Å²) < 4.78 is 16.2. The lowest BCUT2D eigenvalue weighted by Gasteiger charge is -2.29. The average molecular weight is 481 g/mol. The third-order valence-corrected chi connectivity index (χ3v) is 5.68. The van der Waals surface area contributed by atoms with Gasteiger partial charge < -0.3 is 14.2 Å². The van der Waals surface area contributed by atoms with Crippen molar-refractivity contribution in [2.24, 2.45) is 0 Å². The lowest BCUT2D eigenvalue weighted by atomic mass is 9.81. The molecule has 9 heteroatoms. The van der Waals surface area contributed by atoms with Crippen LogP contribution in [0.1, 0.15) is 30.9 Å². The van der Waals surface area contributed by atoms with Gasteiger partial charge in [-0.3, -0.25) is 15.0 Å². The van der Waals surface area contributed by atoms with Gasteiger partial charge in [-0.15, -0.1) is 0 Å². The Morgan fingerprint density at radius 3 is 2.31 bits per heavy atom. The van der Waals surface area contributed by atoms with Crippen molar-refractivity contribution >= 4 is 17.6 Å². The summed E-state index contributed by atoms with van der Waals surface area (Å²) in [6.07, 6.45) is 0. The smallest absolute Gasteiger partial charge is 0.338 e. The van der Waals surface area contributed by atoms with Crippen LogP contribution in [0.25, 0.3) is 0 Å². The minimum absolute atomic E-state index is 0.0896. The molecular weight excluding hydrogens is 452 g/mol. The van der Waals surface area contributed by atoms with E-state index in [1.165, 1.54) is 25.3 Å². The minimum atomic E-state index is -0.939. The van der Waals surface area contributed by atoms with E-state index in [1.54, 1.807) is 19.9 Å². The highest BCUT2D eigenvalue weighted by Crippen LogP contribution is 2.42. The van der Waals surface area contributed by atoms with Crippen LogP contribution in [0.2, 0.25) is 0 Å². The van der Waals surface area contributed by atoms with Crippen LogP contribution in [-0.4, -0.2) is 49.1 Å². The lowest BCUT2D eigenvalue weighted by molar-refractivity contribution is -0.384. The molecule has 0 amide bonds. The van der Waals surface area contributed by atoms with E-state index >= 15 is 0 Å². The van der Waals surface area contributed by atoms with Gasteiger partial charge in [0.2, 0.25) is 0 Å². The Morgan fingerprint density at radius 1 is 1.03 bits per heavy atom. The number of nitro benzene ring substituents is 1. The Bertz CT molecular complexity index is 1170.